The second-order valence-electron chi connectivity index (χ2n) is 7.84. The van der Waals surface area contributed by atoms with Crippen molar-refractivity contribution in [2.75, 3.05) is 73.0 Å². The second kappa shape index (κ2) is 12.7. The van der Waals surface area contributed by atoms with E-state index in [1.165, 1.54) is 13.0 Å². The lowest BCUT2D eigenvalue weighted by atomic mass is 10.2. The molecule has 0 radical (unpaired) electrons. The van der Waals surface area contributed by atoms with Crippen LogP contribution in [0.2, 0.25) is 5.02 Å². The van der Waals surface area contributed by atoms with Crippen LogP contribution in [0.25, 0.3) is 0 Å². The van der Waals surface area contributed by atoms with Crippen molar-refractivity contribution >= 4 is 47.4 Å². The lowest BCUT2D eigenvalue weighted by Crippen LogP contribution is -2.55. The molecule has 1 N–H and O–H groups in total. The Bertz CT molecular complexity index is 701. The lowest BCUT2D eigenvalue weighted by Gasteiger charge is -2.36. The van der Waals surface area contributed by atoms with Gasteiger partial charge in [-0.25, -0.2) is 0 Å². The number of piperazine rings is 1. The molecule has 2 aliphatic rings. The zero-order valence-electron chi connectivity index (χ0n) is 18.0. The van der Waals surface area contributed by atoms with Crippen LogP contribution < -0.4 is 5.32 Å². The first kappa shape index (κ1) is 25.2. The van der Waals surface area contributed by atoms with Crippen LogP contribution in [0.3, 0.4) is 0 Å². The predicted molar refractivity (Wildman–Crippen MR) is 134 cm³/mol. The summed E-state index contributed by atoms with van der Waals surface area (Å²) in [5.41, 5.74) is 1.10. The molecule has 0 aromatic heterocycles. The molecule has 168 valence electrons. The van der Waals surface area contributed by atoms with E-state index >= 15 is 0 Å². The van der Waals surface area contributed by atoms with Gasteiger partial charge in [0.05, 0.1) is 6.54 Å². The minimum absolute atomic E-state index is 0. The molecule has 0 saturated carbocycles. The van der Waals surface area contributed by atoms with E-state index in [0.29, 0.717) is 24.7 Å². The third-order valence-electron chi connectivity index (χ3n) is 5.64. The lowest BCUT2D eigenvalue weighted by molar-refractivity contribution is -0.135. The fourth-order valence-corrected chi connectivity index (χ4v) is 3.97. The summed E-state index contributed by atoms with van der Waals surface area (Å²) in [5.74, 6) is 0.945. The normalized spacial score (nSPS) is 19.4. The molecule has 30 heavy (non-hydrogen) atoms. The van der Waals surface area contributed by atoms with Crippen LogP contribution in [0.5, 0.6) is 0 Å². The summed E-state index contributed by atoms with van der Waals surface area (Å²) in [7, 11) is 3.97. The number of benzene rings is 1. The van der Waals surface area contributed by atoms with Crippen molar-refractivity contribution < 1.29 is 4.79 Å². The van der Waals surface area contributed by atoms with Crippen LogP contribution in [-0.2, 0) is 11.3 Å². The van der Waals surface area contributed by atoms with Gasteiger partial charge in [0.15, 0.2) is 5.96 Å². The van der Waals surface area contributed by atoms with Crippen molar-refractivity contribution in [2.24, 2.45) is 4.99 Å². The molecule has 2 saturated heterocycles. The number of carbonyl (C=O) groups excluding carboxylic acids is 1. The Hall–Kier alpha value is -1.10. The van der Waals surface area contributed by atoms with Gasteiger partial charge in [0.25, 0.3) is 0 Å². The Morgan fingerprint density at radius 1 is 1.10 bits per heavy atom. The molecule has 3 rings (SSSR count). The number of hydrogen-bond donors (Lipinski definition) is 1. The molecule has 2 heterocycles. The van der Waals surface area contributed by atoms with E-state index < -0.39 is 0 Å². The standard InChI is InChI=1S/C21H33ClN6O.HI/c1-23-21(24-8-11-26-10-3-9-25(2)12-13-26)28-15-14-27(20(29)17-28)16-18-4-6-19(22)7-5-18;/h4-7H,3,8-17H2,1-2H3,(H,23,24);1H. The van der Waals surface area contributed by atoms with E-state index in [1.807, 2.05) is 29.2 Å². The fourth-order valence-electron chi connectivity index (χ4n) is 3.85. The number of rotatable bonds is 5. The monoisotopic (exact) mass is 548 g/mol. The number of hydrogen-bond acceptors (Lipinski definition) is 4. The first-order valence-corrected chi connectivity index (χ1v) is 10.8. The molecule has 1 aromatic rings. The van der Waals surface area contributed by atoms with Gasteiger partial charge in [0, 0.05) is 57.9 Å². The first-order valence-electron chi connectivity index (χ1n) is 10.4. The number of likely N-dealkylation sites (N-methyl/N-ethyl adjacent to an activating group) is 1. The van der Waals surface area contributed by atoms with Gasteiger partial charge < -0.3 is 24.9 Å². The minimum Gasteiger partial charge on any atom is -0.355 e. The van der Waals surface area contributed by atoms with E-state index in [1.54, 1.807) is 7.05 Å². The summed E-state index contributed by atoms with van der Waals surface area (Å²) < 4.78 is 0. The van der Waals surface area contributed by atoms with Gasteiger partial charge in [0.1, 0.15) is 0 Å². The highest BCUT2D eigenvalue weighted by Crippen LogP contribution is 2.13. The summed E-state index contributed by atoms with van der Waals surface area (Å²) in [6.07, 6.45) is 1.22. The van der Waals surface area contributed by atoms with Crippen molar-refractivity contribution in [1.82, 2.24) is 24.9 Å². The maximum atomic E-state index is 12.6. The molecule has 2 fully saturated rings. The Kier molecular flexibility index (Phi) is 10.6. The van der Waals surface area contributed by atoms with Gasteiger partial charge in [-0.3, -0.25) is 9.79 Å². The number of guanidine groups is 1. The van der Waals surface area contributed by atoms with Crippen LogP contribution in [0.4, 0.5) is 0 Å². The highest BCUT2D eigenvalue weighted by molar-refractivity contribution is 14.0. The van der Waals surface area contributed by atoms with Crippen LogP contribution in [0.1, 0.15) is 12.0 Å². The highest BCUT2D eigenvalue weighted by atomic mass is 127. The SMILES string of the molecule is CN=C(NCCN1CCCN(C)CC1)N1CCN(Cc2ccc(Cl)cc2)C(=O)C1.I. The third kappa shape index (κ3) is 7.55. The van der Waals surface area contributed by atoms with Gasteiger partial charge >= 0.3 is 0 Å². The molecule has 0 unspecified atom stereocenters. The molecule has 9 heteroatoms. The second-order valence-corrected chi connectivity index (χ2v) is 8.27. The number of amides is 1. The topological polar surface area (TPSA) is 54.4 Å². The van der Waals surface area contributed by atoms with E-state index in [9.17, 15) is 4.79 Å². The number of aliphatic imine (C=N–C) groups is 1. The number of carbonyl (C=O) groups is 1. The van der Waals surface area contributed by atoms with Crippen LogP contribution in [0.15, 0.2) is 29.3 Å². The molecule has 2 aliphatic heterocycles. The number of halogens is 2. The van der Waals surface area contributed by atoms with E-state index in [-0.39, 0.29) is 29.9 Å². The van der Waals surface area contributed by atoms with Crippen LogP contribution >= 0.6 is 35.6 Å². The summed E-state index contributed by atoms with van der Waals surface area (Å²) >= 11 is 5.95. The third-order valence-corrected chi connectivity index (χ3v) is 5.89. The summed E-state index contributed by atoms with van der Waals surface area (Å²) in [5, 5.41) is 4.16. The van der Waals surface area contributed by atoms with Gasteiger partial charge in [-0.2, -0.15) is 0 Å². The Labute approximate surface area is 202 Å². The minimum atomic E-state index is 0. The summed E-state index contributed by atoms with van der Waals surface area (Å²) in [6.45, 7) is 8.86. The molecular formula is C21H34ClIN6O. The summed E-state index contributed by atoms with van der Waals surface area (Å²) in [4.78, 5) is 25.9. The van der Waals surface area contributed by atoms with E-state index in [4.69, 9.17) is 11.6 Å². The van der Waals surface area contributed by atoms with Crippen molar-refractivity contribution in [3.8, 4) is 0 Å². The smallest absolute Gasteiger partial charge is 0.242 e. The predicted octanol–water partition coefficient (Wildman–Crippen LogP) is 1.82. The average Bonchev–Trinajstić information content (AvgIpc) is 2.93. The molecular weight excluding hydrogens is 515 g/mol. The van der Waals surface area contributed by atoms with Crippen LogP contribution in [-0.4, -0.2) is 104 Å². The van der Waals surface area contributed by atoms with Gasteiger partial charge in [-0.05, 0) is 44.3 Å². The van der Waals surface area contributed by atoms with Gasteiger partial charge in [-0.1, -0.05) is 23.7 Å². The molecule has 0 spiro atoms. The van der Waals surface area contributed by atoms with Crippen molar-refractivity contribution in [2.45, 2.75) is 13.0 Å². The first-order chi connectivity index (χ1) is 14.0. The zero-order valence-corrected chi connectivity index (χ0v) is 21.1. The maximum Gasteiger partial charge on any atom is 0.242 e. The van der Waals surface area contributed by atoms with E-state index in [2.05, 4.69) is 32.1 Å². The Morgan fingerprint density at radius 2 is 1.87 bits per heavy atom. The van der Waals surface area contributed by atoms with Gasteiger partial charge in [0.2, 0.25) is 5.91 Å². The zero-order chi connectivity index (χ0) is 20.6. The fraction of sp³-hybridized carbons (Fsp3) is 0.619. The Balaban J connectivity index is 0.00000320. The highest BCUT2D eigenvalue weighted by Gasteiger charge is 2.26. The van der Waals surface area contributed by atoms with E-state index in [0.717, 1.165) is 50.8 Å². The molecule has 0 aliphatic carbocycles. The van der Waals surface area contributed by atoms with Gasteiger partial charge in [-0.15, -0.1) is 24.0 Å². The van der Waals surface area contributed by atoms with Crippen molar-refractivity contribution in [1.29, 1.82) is 0 Å². The number of nitrogens with one attached hydrogen (secondary N) is 1. The maximum absolute atomic E-state index is 12.6. The number of nitrogens with zero attached hydrogens (tertiary/aromatic N) is 5. The Morgan fingerprint density at radius 3 is 2.57 bits per heavy atom. The molecule has 7 nitrogen and oxygen atoms in total. The molecule has 0 bridgehead atoms. The molecule has 1 amide bonds. The molecule has 0 atom stereocenters. The summed E-state index contributed by atoms with van der Waals surface area (Å²) in [6, 6.07) is 7.68. The van der Waals surface area contributed by atoms with Crippen molar-refractivity contribution in [3.05, 3.63) is 34.9 Å². The van der Waals surface area contributed by atoms with Crippen LogP contribution in [0, 0.1) is 0 Å². The van der Waals surface area contributed by atoms with Crippen molar-refractivity contribution in [3.63, 3.8) is 0 Å². The molecule has 1 aromatic carbocycles. The average molecular weight is 549 g/mol. The quantitative estimate of drug-likeness (QED) is 0.346. The largest absolute Gasteiger partial charge is 0.355 e.